The van der Waals surface area contributed by atoms with Crippen molar-refractivity contribution < 1.29 is 23.5 Å². The number of likely N-dealkylation sites (tertiary alicyclic amines) is 1. The van der Waals surface area contributed by atoms with E-state index in [1.165, 1.54) is 6.07 Å². The monoisotopic (exact) mass is 374 g/mol. The minimum Gasteiger partial charge on any atom is -0.389 e. The molecule has 1 saturated heterocycles. The van der Waals surface area contributed by atoms with Crippen molar-refractivity contribution >= 4 is 11.8 Å². The quantitative estimate of drug-likeness (QED) is 0.859. The van der Waals surface area contributed by atoms with Gasteiger partial charge in [0, 0.05) is 24.7 Å². The molecule has 1 heterocycles. The number of benzene rings is 2. The number of carbonyl (C=O) groups is 2. The van der Waals surface area contributed by atoms with Crippen molar-refractivity contribution in [2.45, 2.75) is 25.0 Å². The fraction of sp³-hybridized carbons (Fsp3) is 0.300. The number of halogens is 2. The van der Waals surface area contributed by atoms with Gasteiger partial charge in [-0.3, -0.25) is 9.59 Å². The zero-order valence-electron chi connectivity index (χ0n) is 14.6. The van der Waals surface area contributed by atoms with Crippen LogP contribution < -0.4 is 5.32 Å². The molecule has 0 saturated carbocycles. The lowest BCUT2D eigenvalue weighted by molar-refractivity contribution is -0.122. The standard InChI is InChI=1S/C20H20F2N2O3/c21-15-7-6-14(16(22)11-15)10-19(26)23-17-8-9-24(12-18(17)25)20(27)13-4-2-1-3-5-13/h1-7,11,17-18,25H,8-10,12H2,(H,23,26)/t17-,18-/m1/s1. The van der Waals surface area contributed by atoms with Crippen LogP contribution in [0.5, 0.6) is 0 Å². The van der Waals surface area contributed by atoms with Crippen molar-refractivity contribution in [2.24, 2.45) is 0 Å². The lowest BCUT2D eigenvalue weighted by Gasteiger charge is -2.36. The van der Waals surface area contributed by atoms with E-state index in [-0.39, 0.29) is 24.4 Å². The van der Waals surface area contributed by atoms with E-state index in [1.54, 1.807) is 29.2 Å². The maximum atomic E-state index is 13.7. The van der Waals surface area contributed by atoms with Crippen LogP contribution in [0.25, 0.3) is 0 Å². The number of hydrogen-bond donors (Lipinski definition) is 2. The summed E-state index contributed by atoms with van der Waals surface area (Å²) in [5.74, 6) is -2.13. The molecule has 2 atom stereocenters. The predicted molar refractivity (Wildman–Crippen MR) is 95.0 cm³/mol. The van der Waals surface area contributed by atoms with E-state index in [9.17, 15) is 23.5 Å². The summed E-state index contributed by atoms with van der Waals surface area (Å²) in [6.45, 7) is 0.490. The molecule has 0 aliphatic carbocycles. The van der Waals surface area contributed by atoms with Gasteiger partial charge in [-0.2, -0.15) is 0 Å². The molecule has 1 aliphatic heterocycles. The lowest BCUT2D eigenvalue weighted by atomic mass is 10.00. The number of β-amino-alcohol motifs (C(OH)–C–C–N with tert-alkyl or cyclic N) is 1. The van der Waals surface area contributed by atoms with Gasteiger partial charge in [0.1, 0.15) is 11.6 Å². The summed E-state index contributed by atoms with van der Waals surface area (Å²) in [6.07, 6.45) is -0.784. The van der Waals surface area contributed by atoms with E-state index < -0.39 is 29.7 Å². The molecule has 0 unspecified atom stereocenters. The molecule has 142 valence electrons. The molecule has 3 rings (SSSR count). The number of aliphatic hydroxyl groups excluding tert-OH is 1. The Bertz CT molecular complexity index is 829. The molecular formula is C20H20F2N2O3. The maximum Gasteiger partial charge on any atom is 0.253 e. The van der Waals surface area contributed by atoms with E-state index >= 15 is 0 Å². The second-order valence-electron chi connectivity index (χ2n) is 6.56. The third-order valence-electron chi connectivity index (χ3n) is 4.60. The Kier molecular flexibility index (Phi) is 5.81. The average molecular weight is 374 g/mol. The van der Waals surface area contributed by atoms with Crippen LogP contribution in [-0.4, -0.2) is 47.1 Å². The minimum atomic E-state index is -0.923. The second kappa shape index (κ2) is 8.26. The Labute approximate surface area is 155 Å². The highest BCUT2D eigenvalue weighted by Gasteiger charge is 2.31. The van der Waals surface area contributed by atoms with E-state index in [2.05, 4.69) is 5.32 Å². The molecule has 5 nitrogen and oxygen atoms in total. The van der Waals surface area contributed by atoms with E-state index in [4.69, 9.17) is 0 Å². The number of nitrogens with zero attached hydrogens (tertiary/aromatic N) is 1. The first kappa shape index (κ1) is 19.0. The Morgan fingerprint density at radius 2 is 1.89 bits per heavy atom. The maximum absolute atomic E-state index is 13.7. The fourth-order valence-corrected chi connectivity index (χ4v) is 3.14. The average Bonchev–Trinajstić information content (AvgIpc) is 2.66. The molecule has 0 radical (unpaired) electrons. The molecule has 27 heavy (non-hydrogen) atoms. The summed E-state index contributed by atoms with van der Waals surface area (Å²) < 4.78 is 26.6. The van der Waals surface area contributed by atoms with E-state index in [0.717, 1.165) is 12.1 Å². The zero-order chi connectivity index (χ0) is 19.4. The number of rotatable bonds is 4. The lowest BCUT2D eigenvalue weighted by Crippen LogP contribution is -2.55. The van der Waals surface area contributed by atoms with Gasteiger partial charge in [0.05, 0.1) is 18.6 Å². The molecule has 0 bridgehead atoms. The number of aliphatic hydroxyl groups is 1. The number of hydrogen-bond acceptors (Lipinski definition) is 3. The van der Waals surface area contributed by atoms with Gasteiger partial charge in [-0.15, -0.1) is 0 Å². The number of nitrogens with one attached hydrogen (secondary N) is 1. The third kappa shape index (κ3) is 4.68. The fourth-order valence-electron chi connectivity index (χ4n) is 3.14. The first-order valence-corrected chi connectivity index (χ1v) is 8.69. The summed E-state index contributed by atoms with van der Waals surface area (Å²) >= 11 is 0. The van der Waals surface area contributed by atoms with Gasteiger partial charge in [-0.25, -0.2) is 8.78 Å². The molecule has 2 aromatic rings. The predicted octanol–water partition coefficient (Wildman–Crippen LogP) is 1.90. The summed E-state index contributed by atoms with van der Waals surface area (Å²) in [4.78, 5) is 26.1. The molecule has 0 aromatic heterocycles. The van der Waals surface area contributed by atoms with Crippen LogP contribution in [0.2, 0.25) is 0 Å². The van der Waals surface area contributed by atoms with Crippen molar-refractivity contribution in [3.63, 3.8) is 0 Å². The molecule has 7 heteroatoms. The van der Waals surface area contributed by atoms with Crippen LogP contribution in [0.15, 0.2) is 48.5 Å². The van der Waals surface area contributed by atoms with Gasteiger partial charge in [0.25, 0.3) is 5.91 Å². The molecule has 1 fully saturated rings. The van der Waals surface area contributed by atoms with Gasteiger partial charge in [0.15, 0.2) is 0 Å². The molecule has 2 N–H and O–H groups in total. The summed E-state index contributed by atoms with van der Waals surface area (Å²) in [6, 6.07) is 11.3. The van der Waals surface area contributed by atoms with Gasteiger partial charge < -0.3 is 15.3 Å². The Balaban J connectivity index is 1.55. The van der Waals surface area contributed by atoms with Crippen molar-refractivity contribution in [1.29, 1.82) is 0 Å². The van der Waals surface area contributed by atoms with Crippen molar-refractivity contribution in [3.05, 3.63) is 71.3 Å². The summed E-state index contributed by atoms with van der Waals surface area (Å²) in [5, 5.41) is 13.0. The van der Waals surface area contributed by atoms with Crippen molar-refractivity contribution in [1.82, 2.24) is 10.2 Å². The van der Waals surface area contributed by atoms with Crippen LogP contribution >= 0.6 is 0 Å². The molecule has 1 aliphatic rings. The van der Waals surface area contributed by atoms with E-state index in [1.807, 2.05) is 6.07 Å². The molecule has 0 spiro atoms. The normalized spacial score (nSPS) is 19.6. The topological polar surface area (TPSA) is 69.6 Å². The first-order valence-electron chi connectivity index (χ1n) is 8.69. The highest BCUT2D eigenvalue weighted by molar-refractivity contribution is 5.94. The largest absolute Gasteiger partial charge is 0.389 e. The van der Waals surface area contributed by atoms with Crippen molar-refractivity contribution in [3.8, 4) is 0 Å². The van der Waals surface area contributed by atoms with Gasteiger partial charge in [0.2, 0.25) is 5.91 Å². The Morgan fingerprint density at radius 3 is 2.56 bits per heavy atom. The van der Waals surface area contributed by atoms with Crippen LogP contribution in [0, 0.1) is 11.6 Å². The minimum absolute atomic E-state index is 0.0834. The molecular weight excluding hydrogens is 354 g/mol. The van der Waals surface area contributed by atoms with Crippen LogP contribution in [0.4, 0.5) is 8.78 Å². The van der Waals surface area contributed by atoms with E-state index in [0.29, 0.717) is 18.5 Å². The number of piperidine rings is 1. The smallest absolute Gasteiger partial charge is 0.253 e. The second-order valence-corrected chi connectivity index (χ2v) is 6.56. The number of carbonyl (C=O) groups excluding carboxylic acids is 2. The third-order valence-corrected chi connectivity index (χ3v) is 4.60. The summed E-state index contributed by atoms with van der Waals surface area (Å²) in [5.41, 5.74) is 0.624. The molecule has 2 amide bonds. The Hall–Kier alpha value is -2.80. The highest BCUT2D eigenvalue weighted by atomic mass is 19.1. The summed E-state index contributed by atoms with van der Waals surface area (Å²) in [7, 11) is 0. The van der Waals surface area contributed by atoms with Gasteiger partial charge >= 0.3 is 0 Å². The first-order chi connectivity index (χ1) is 12.9. The SMILES string of the molecule is O=C(Cc1ccc(F)cc1F)N[C@@H]1CCN(C(=O)c2ccccc2)C[C@H]1O. The highest BCUT2D eigenvalue weighted by Crippen LogP contribution is 2.16. The van der Waals surface area contributed by atoms with Crippen LogP contribution in [0.3, 0.4) is 0 Å². The van der Waals surface area contributed by atoms with Crippen molar-refractivity contribution in [2.75, 3.05) is 13.1 Å². The van der Waals surface area contributed by atoms with Gasteiger partial charge in [-0.1, -0.05) is 24.3 Å². The Morgan fingerprint density at radius 1 is 1.15 bits per heavy atom. The van der Waals surface area contributed by atoms with Crippen LogP contribution in [0.1, 0.15) is 22.3 Å². The molecule has 2 aromatic carbocycles. The van der Waals surface area contributed by atoms with Crippen LogP contribution in [-0.2, 0) is 11.2 Å². The number of amides is 2. The zero-order valence-corrected chi connectivity index (χ0v) is 14.6. The van der Waals surface area contributed by atoms with Gasteiger partial charge in [-0.05, 0) is 30.2 Å².